The van der Waals surface area contributed by atoms with Crippen LogP contribution in [0.2, 0.25) is 0 Å². The Bertz CT molecular complexity index is 1240. The summed E-state index contributed by atoms with van der Waals surface area (Å²) in [5, 5.41) is 9.01. The number of esters is 1. The van der Waals surface area contributed by atoms with Crippen LogP contribution in [0.25, 0.3) is 4.85 Å². The summed E-state index contributed by atoms with van der Waals surface area (Å²) in [6, 6.07) is 7.48. The predicted octanol–water partition coefficient (Wildman–Crippen LogP) is 7.75. The van der Waals surface area contributed by atoms with E-state index in [-0.39, 0.29) is 12.3 Å². The number of anilines is 1. The van der Waals surface area contributed by atoms with Gasteiger partial charge in [0.25, 0.3) is 0 Å². The van der Waals surface area contributed by atoms with Gasteiger partial charge in [-0.05, 0) is 70.9 Å². The van der Waals surface area contributed by atoms with E-state index in [1.54, 1.807) is 6.92 Å². The van der Waals surface area contributed by atoms with E-state index in [1.807, 2.05) is 19.1 Å². The molecule has 11 nitrogen and oxygen atoms in total. The maximum absolute atomic E-state index is 12.0. The molecule has 0 N–H and O–H groups in total. The molecular formula is C35H56N5O6S+. The van der Waals surface area contributed by atoms with E-state index >= 15 is 0 Å². The zero-order chi connectivity index (χ0) is 34.3. The lowest BCUT2D eigenvalue weighted by atomic mass is 10.1. The Morgan fingerprint density at radius 3 is 2.06 bits per heavy atom. The van der Waals surface area contributed by atoms with Crippen LogP contribution in [-0.2, 0) is 23.7 Å². The molecule has 47 heavy (non-hydrogen) atoms. The zero-order valence-corrected chi connectivity index (χ0v) is 30.2. The summed E-state index contributed by atoms with van der Waals surface area (Å²) in [6.45, 7) is 31.2. The fourth-order valence-electron chi connectivity index (χ4n) is 5.00. The van der Waals surface area contributed by atoms with Gasteiger partial charge in [-0.2, -0.15) is 10.2 Å². The van der Waals surface area contributed by atoms with Gasteiger partial charge in [0.2, 0.25) is 5.69 Å². The molecule has 0 bridgehead atoms. The molecule has 2 aromatic rings. The van der Waals surface area contributed by atoms with Gasteiger partial charge in [0.15, 0.2) is 0 Å². The number of azo groups is 1. The number of quaternary nitrogens is 1. The highest BCUT2D eigenvalue weighted by molar-refractivity contribution is 7.18. The monoisotopic (exact) mass is 674 g/mol. The minimum Gasteiger partial charge on any atom is -0.462 e. The second-order valence-electron chi connectivity index (χ2n) is 11.1. The van der Waals surface area contributed by atoms with Crippen molar-refractivity contribution in [3.05, 3.63) is 46.1 Å². The Morgan fingerprint density at radius 2 is 1.51 bits per heavy atom. The number of ether oxygens (including phenoxy) is 5. The van der Waals surface area contributed by atoms with Crippen LogP contribution in [0.1, 0.15) is 62.7 Å². The van der Waals surface area contributed by atoms with E-state index < -0.39 is 5.97 Å². The number of hydrogen-bond acceptors (Lipinski definition) is 10. The summed E-state index contributed by atoms with van der Waals surface area (Å²) >= 11 is 1.10. The largest absolute Gasteiger partial charge is 0.462 e. The molecule has 0 atom stereocenters. The van der Waals surface area contributed by atoms with Crippen LogP contribution in [0.15, 0.2) is 34.5 Å². The molecule has 0 unspecified atom stereocenters. The Morgan fingerprint density at radius 1 is 0.872 bits per heavy atom. The van der Waals surface area contributed by atoms with Gasteiger partial charge in [0.05, 0.1) is 91.4 Å². The predicted molar refractivity (Wildman–Crippen MR) is 189 cm³/mol. The van der Waals surface area contributed by atoms with Crippen molar-refractivity contribution in [1.82, 2.24) is 0 Å². The van der Waals surface area contributed by atoms with Crippen LogP contribution in [-0.4, -0.2) is 109 Å². The van der Waals surface area contributed by atoms with Crippen molar-refractivity contribution in [3.8, 4) is 0 Å². The first-order valence-corrected chi connectivity index (χ1v) is 17.8. The maximum atomic E-state index is 12.0. The molecule has 2 rings (SSSR count). The van der Waals surface area contributed by atoms with E-state index in [0.717, 1.165) is 66.4 Å². The first-order chi connectivity index (χ1) is 22.9. The molecule has 1 aromatic carbocycles. The number of likely N-dealkylation sites (N-methyl/N-ethyl adjacent to an activating group) is 2. The van der Waals surface area contributed by atoms with Crippen LogP contribution >= 0.6 is 11.3 Å². The highest BCUT2D eigenvalue weighted by Crippen LogP contribution is 2.39. The van der Waals surface area contributed by atoms with Gasteiger partial charge in [-0.25, -0.2) is 9.64 Å². The topological polar surface area (TPSA) is 95.5 Å². The fourth-order valence-corrected chi connectivity index (χ4v) is 5.81. The molecule has 0 amide bonds. The lowest BCUT2D eigenvalue weighted by Gasteiger charge is -2.36. The molecule has 0 fully saturated rings. The van der Waals surface area contributed by atoms with Crippen LogP contribution in [0.3, 0.4) is 0 Å². The fraction of sp³-hybridized carbons (Fsp3) is 0.657. The first kappa shape index (κ1) is 40.3. The number of hydrogen-bond donors (Lipinski definition) is 0. The molecule has 0 aliphatic carbocycles. The van der Waals surface area contributed by atoms with Gasteiger partial charge in [0.1, 0.15) is 16.4 Å². The molecule has 12 heteroatoms. The molecule has 1 heterocycles. The van der Waals surface area contributed by atoms with Crippen LogP contribution in [0, 0.1) is 13.5 Å². The third kappa shape index (κ3) is 14.4. The van der Waals surface area contributed by atoms with Crippen LogP contribution in [0.4, 0.5) is 22.1 Å². The van der Waals surface area contributed by atoms with Crippen molar-refractivity contribution in [3.63, 3.8) is 0 Å². The molecule has 0 saturated heterocycles. The Kier molecular flexibility index (Phi) is 20.1. The second kappa shape index (κ2) is 23.4. The first-order valence-electron chi connectivity index (χ1n) is 17.0. The maximum Gasteiger partial charge on any atom is 0.347 e. The van der Waals surface area contributed by atoms with Crippen molar-refractivity contribution in [2.24, 2.45) is 10.2 Å². The van der Waals surface area contributed by atoms with Crippen molar-refractivity contribution in [2.45, 2.75) is 54.4 Å². The lowest BCUT2D eigenvalue weighted by molar-refractivity contribution is -0.925. The number of unbranched alkanes of at least 4 members (excludes halogenated alkanes) is 1. The van der Waals surface area contributed by atoms with Crippen LogP contribution < -0.4 is 4.90 Å². The van der Waals surface area contributed by atoms with Gasteiger partial charge in [-0.3, -0.25) is 0 Å². The molecule has 0 aliphatic heterocycles. The average Bonchev–Trinajstić information content (AvgIpc) is 3.51. The molecule has 1 aromatic heterocycles. The van der Waals surface area contributed by atoms with Gasteiger partial charge in [0, 0.05) is 18.8 Å². The second-order valence-corrected chi connectivity index (χ2v) is 12.1. The number of benzene rings is 1. The molecule has 0 saturated carbocycles. The third-order valence-corrected chi connectivity index (χ3v) is 9.11. The minimum atomic E-state index is -0.458. The standard InChI is InChI=1S/C35H56N5O6S/c1-8-13-17-40(10-3,11-4)18-20-43-22-24-45-26-25-44-23-21-42-19-16-39(9-2)30-14-15-31(29(6)27-30)37-38-34-32(36-7)28-33(47-34)35(41)46-12-5/h14-15,27-28H,8-13,16-26H2,1-6H3/q+1. The Hall–Kier alpha value is -2.92. The number of aryl methyl sites for hydroxylation is 1. The van der Waals surface area contributed by atoms with E-state index in [1.165, 1.54) is 25.5 Å². The Labute approximate surface area is 286 Å². The normalized spacial score (nSPS) is 11.7. The van der Waals surface area contributed by atoms with Crippen LogP contribution in [0.5, 0.6) is 0 Å². The lowest BCUT2D eigenvalue weighted by Crippen LogP contribution is -2.50. The van der Waals surface area contributed by atoms with Gasteiger partial charge in [-0.1, -0.05) is 13.3 Å². The summed E-state index contributed by atoms with van der Waals surface area (Å²) in [5.74, 6) is -0.458. The molecular weight excluding hydrogens is 618 g/mol. The smallest absolute Gasteiger partial charge is 0.347 e. The molecule has 0 aliphatic rings. The SMILES string of the molecule is [C-]#[N+]c1cc(C(=O)OCC)sc1N=Nc1ccc(N(CC)CCOCCOCCOCCOCC[N+](CC)(CC)CCCC)cc1C. The summed E-state index contributed by atoms with van der Waals surface area (Å²) in [7, 11) is 0. The van der Waals surface area contributed by atoms with Crippen molar-refractivity contribution in [2.75, 3.05) is 104 Å². The summed E-state index contributed by atoms with van der Waals surface area (Å²) < 4.78 is 29.1. The Balaban J connectivity index is 1.62. The molecule has 0 spiro atoms. The number of thiophene rings is 1. The van der Waals surface area contributed by atoms with Gasteiger partial charge in [-0.15, -0.1) is 11.3 Å². The number of carbonyl (C=O) groups is 1. The molecule has 262 valence electrons. The summed E-state index contributed by atoms with van der Waals surface area (Å²) in [5.41, 5.74) is 3.00. The van der Waals surface area contributed by atoms with Gasteiger partial charge < -0.3 is 33.1 Å². The third-order valence-electron chi connectivity index (χ3n) is 8.13. The number of rotatable bonds is 26. The number of carbonyl (C=O) groups excluding carboxylic acids is 1. The van der Waals surface area contributed by atoms with E-state index in [4.69, 9.17) is 30.3 Å². The van der Waals surface area contributed by atoms with Crippen molar-refractivity contribution < 1.29 is 33.0 Å². The van der Waals surface area contributed by atoms with E-state index in [9.17, 15) is 4.79 Å². The highest BCUT2D eigenvalue weighted by atomic mass is 32.1. The van der Waals surface area contributed by atoms with E-state index in [2.05, 4.69) is 53.7 Å². The zero-order valence-electron chi connectivity index (χ0n) is 29.4. The van der Waals surface area contributed by atoms with Gasteiger partial charge >= 0.3 is 5.97 Å². The minimum absolute atomic E-state index is 0.271. The summed E-state index contributed by atoms with van der Waals surface area (Å²) in [4.78, 5) is 18.1. The highest BCUT2D eigenvalue weighted by Gasteiger charge is 2.22. The van der Waals surface area contributed by atoms with Crippen molar-refractivity contribution in [1.29, 1.82) is 0 Å². The van der Waals surface area contributed by atoms with Crippen molar-refractivity contribution >= 4 is 39.4 Å². The summed E-state index contributed by atoms with van der Waals surface area (Å²) in [6.07, 6.45) is 2.51. The molecule has 0 radical (unpaired) electrons. The number of nitrogens with zero attached hydrogens (tertiary/aromatic N) is 5. The average molecular weight is 675 g/mol. The van der Waals surface area contributed by atoms with E-state index in [0.29, 0.717) is 61.8 Å². The quantitative estimate of drug-likeness (QED) is 0.0331.